The normalized spacial score (nSPS) is 23.7. The number of halogens is 1. The summed E-state index contributed by atoms with van der Waals surface area (Å²) in [4.78, 5) is 11.3. The van der Waals surface area contributed by atoms with Crippen LogP contribution in [-0.2, 0) is 14.6 Å². The molecule has 1 aromatic rings. The van der Waals surface area contributed by atoms with Crippen molar-refractivity contribution in [3.63, 3.8) is 0 Å². The second-order valence-corrected chi connectivity index (χ2v) is 6.26. The van der Waals surface area contributed by atoms with Crippen LogP contribution in [0.2, 0.25) is 0 Å². The summed E-state index contributed by atoms with van der Waals surface area (Å²) in [7, 11) is -3.88. The quantitative estimate of drug-likeness (QED) is 0.739. The van der Waals surface area contributed by atoms with Gasteiger partial charge in [-0.25, -0.2) is 12.8 Å². The Bertz CT molecular complexity index is 604. The Hall–Kier alpha value is -1.43. The van der Waals surface area contributed by atoms with Crippen LogP contribution >= 0.6 is 0 Å². The first-order valence-electron chi connectivity index (χ1n) is 4.84. The first-order valence-corrected chi connectivity index (χ1v) is 6.32. The van der Waals surface area contributed by atoms with Crippen molar-refractivity contribution in [1.82, 2.24) is 0 Å². The predicted molar refractivity (Wildman–Crippen MR) is 54.2 cm³/mol. The first-order chi connectivity index (χ1) is 7.49. The van der Waals surface area contributed by atoms with Crippen LogP contribution in [0.4, 0.5) is 10.1 Å². The van der Waals surface area contributed by atoms with Gasteiger partial charge in [0.1, 0.15) is 10.7 Å². The van der Waals surface area contributed by atoms with Gasteiger partial charge in [-0.2, -0.15) is 0 Å². The van der Waals surface area contributed by atoms with Crippen molar-refractivity contribution < 1.29 is 17.6 Å². The van der Waals surface area contributed by atoms with Gasteiger partial charge in [0.2, 0.25) is 5.91 Å². The van der Waals surface area contributed by atoms with Gasteiger partial charge in [-0.05, 0) is 25.0 Å². The van der Waals surface area contributed by atoms with E-state index in [1.54, 1.807) is 0 Å². The molecule has 1 saturated carbocycles. The second kappa shape index (κ2) is 2.63. The highest BCUT2D eigenvalue weighted by Gasteiger charge is 2.64. The number of hydrogen-bond acceptors (Lipinski definition) is 3. The highest BCUT2D eigenvalue weighted by Crippen LogP contribution is 2.52. The average molecular weight is 241 g/mol. The van der Waals surface area contributed by atoms with E-state index in [0.717, 1.165) is 6.07 Å². The van der Waals surface area contributed by atoms with Crippen molar-refractivity contribution in [2.75, 3.05) is 5.32 Å². The van der Waals surface area contributed by atoms with E-state index in [2.05, 4.69) is 5.32 Å². The third-order valence-corrected chi connectivity index (χ3v) is 5.69. The number of rotatable bonds is 0. The lowest BCUT2D eigenvalue weighted by atomic mass is 10.2. The first kappa shape index (κ1) is 9.77. The van der Waals surface area contributed by atoms with Gasteiger partial charge in [-0.3, -0.25) is 4.79 Å². The fraction of sp³-hybridized carbons (Fsp3) is 0.300. The van der Waals surface area contributed by atoms with E-state index in [4.69, 9.17) is 0 Å². The maximum absolute atomic E-state index is 13.5. The zero-order chi connectivity index (χ0) is 11.6. The van der Waals surface area contributed by atoms with Crippen LogP contribution in [-0.4, -0.2) is 19.1 Å². The van der Waals surface area contributed by atoms with Crippen molar-refractivity contribution in [2.24, 2.45) is 0 Å². The molecule has 1 amide bonds. The molecule has 1 heterocycles. The van der Waals surface area contributed by atoms with Crippen molar-refractivity contribution in [3.05, 3.63) is 24.0 Å². The van der Waals surface area contributed by atoms with E-state index in [1.807, 2.05) is 0 Å². The van der Waals surface area contributed by atoms with Gasteiger partial charge in [-0.15, -0.1) is 0 Å². The molecule has 1 aromatic carbocycles. The molecule has 0 atom stereocenters. The summed E-state index contributed by atoms with van der Waals surface area (Å²) in [5, 5.41) is 2.45. The molecule has 2 aliphatic rings. The van der Waals surface area contributed by atoms with E-state index in [-0.39, 0.29) is 23.4 Å². The summed E-state index contributed by atoms with van der Waals surface area (Å²) in [6.07, 6.45) is 0.546. The molecule has 0 unspecified atom stereocenters. The minimum absolute atomic E-state index is 0.0440. The van der Waals surface area contributed by atoms with Crippen LogP contribution in [0.3, 0.4) is 0 Å². The summed E-state index contributed by atoms with van der Waals surface area (Å²) in [6.45, 7) is 0. The summed E-state index contributed by atoms with van der Waals surface area (Å²) in [5.74, 6) is -1.34. The smallest absolute Gasteiger partial charge is 0.246 e. The van der Waals surface area contributed by atoms with Gasteiger partial charge >= 0.3 is 0 Å². The molecule has 0 saturated heterocycles. The number of nitrogens with one attached hydrogen (secondary N) is 1. The number of benzene rings is 1. The Kier molecular flexibility index (Phi) is 1.60. The minimum atomic E-state index is -3.88. The molecule has 1 N–H and O–H groups in total. The number of anilines is 1. The van der Waals surface area contributed by atoms with E-state index >= 15 is 0 Å². The molecule has 3 rings (SSSR count). The SMILES string of the molecule is O=C1Nc2cccc(F)c2S(=O)(=O)C12CC2. The maximum Gasteiger partial charge on any atom is 0.246 e. The van der Waals surface area contributed by atoms with Crippen molar-refractivity contribution >= 4 is 21.4 Å². The number of fused-ring (bicyclic) bond motifs is 1. The monoisotopic (exact) mass is 241 g/mol. The van der Waals surface area contributed by atoms with Crippen LogP contribution < -0.4 is 5.32 Å². The molecule has 84 valence electrons. The largest absolute Gasteiger partial charge is 0.323 e. The standard InChI is InChI=1S/C10H8FNO3S/c11-6-2-1-3-7-8(6)16(14,15)10(4-5-10)9(13)12-7/h1-3H,4-5H2,(H,12,13). The highest BCUT2D eigenvalue weighted by atomic mass is 32.2. The predicted octanol–water partition coefficient (Wildman–Crippen LogP) is 1.08. The Balaban J connectivity index is 2.37. The van der Waals surface area contributed by atoms with Crippen LogP contribution in [0.15, 0.2) is 23.1 Å². The molecular weight excluding hydrogens is 233 g/mol. The molecule has 0 bridgehead atoms. The van der Waals surface area contributed by atoms with Crippen molar-refractivity contribution in [3.8, 4) is 0 Å². The summed E-state index contributed by atoms with van der Waals surface area (Å²) in [5.41, 5.74) is 0.0440. The van der Waals surface area contributed by atoms with Crippen LogP contribution in [0, 0.1) is 5.82 Å². The van der Waals surface area contributed by atoms with Crippen LogP contribution in [0.5, 0.6) is 0 Å². The van der Waals surface area contributed by atoms with E-state index in [0.29, 0.717) is 0 Å². The van der Waals surface area contributed by atoms with Crippen molar-refractivity contribution in [2.45, 2.75) is 22.5 Å². The van der Waals surface area contributed by atoms with Gasteiger partial charge in [0.25, 0.3) is 0 Å². The molecule has 1 aliphatic carbocycles. The fourth-order valence-electron chi connectivity index (χ4n) is 2.04. The fourth-order valence-corrected chi connectivity index (χ4v) is 4.10. The van der Waals surface area contributed by atoms with Gasteiger partial charge in [0, 0.05) is 0 Å². The Labute approximate surface area is 91.4 Å². The van der Waals surface area contributed by atoms with Gasteiger partial charge in [0.15, 0.2) is 14.6 Å². The number of carbonyl (C=O) groups excluding carboxylic acids is 1. The topological polar surface area (TPSA) is 63.2 Å². The van der Waals surface area contributed by atoms with Crippen molar-refractivity contribution in [1.29, 1.82) is 0 Å². The summed E-state index contributed by atoms with van der Waals surface area (Å²) < 4.78 is 36.4. The Morgan fingerprint density at radius 3 is 2.62 bits per heavy atom. The number of carbonyl (C=O) groups is 1. The number of sulfone groups is 1. The lowest BCUT2D eigenvalue weighted by Gasteiger charge is -2.24. The van der Waals surface area contributed by atoms with Gasteiger partial charge < -0.3 is 5.32 Å². The molecule has 4 nitrogen and oxygen atoms in total. The van der Waals surface area contributed by atoms with E-state index < -0.39 is 26.3 Å². The molecular formula is C10H8FNO3S. The molecule has 0 radical (unpaired) electrons. The average Bonchev–Trinajstić information content (AvgIpc) is 2.96. The van der Waals surface area contributed by atoms with E-state index in [1.165, 1.54) is 12.1 Å². The van der Waals surface area contributed by atoms with Crippen LogP contribution in [0.25, 0.3) is 0 Å². The van der Waals surface area contributed by atoms with Crippen LogP contribution in [0.1, 0.15) is 12.8 Å². The van der Waals surface area contributed by atoms with Gasteiger partial charge in [-0.1, -0.05) is 6.07 Å². The molecule has 1 spiro atoms. The molecule has 1 fully saturated rings. The minimum Gasteiger partial charge on any atom is -0.323 e. The van der Waals surface area contributed by atoms with E-state index in [9.17, 15) is 17.6 Å². The number of amides is 1. The molecule has 16 heavy (non-hydrogen) atoms. The maximum atomic E-state index is 13.5. The molecule has 1 aliphatic heterocycles. The Morgan fingerprint density at radius 1 is 1.31 bits per heavy atom. The zero-order valence-corrected chi connectivity index (χ0v) is 8.97. The third-order valence-electron chi connectivity index (χ3n) is 3.12. The lowest BCUT2D eigenvalue weighted by Crippen LogP contribution is -2.42. The Morgan fingerprint density at radius 2 is 2.00 bits per heavy atom. The molecule has 6 heteroatoms. The highest BCUT2D eigenvalue weighted by molar-refractivity contribution is 7.94. The number of hydrogen-bond donors (Lipinski definition) is 1. The molecule has 0 aromatic heterocycles. The summed E-state index contributed by atoms with van der Waals surface area (Å²) in [6, 6.07) is 3.85. The zero-order valence-electron chi connectivity index (χ0n) is 8.16. The summed E-state index contributed by atoms with van der Waals surface area (Å²) >= 11 is 0. The third kappa shape index (κ3) is 0.929. The van der Waals surface area contributed by atoms with Gasteiger partial charge in [0.05, 0.1) is 5.69 Å². The second-order valence-electron chi connectivity index (χ2n) is 4.07. The lowest BCUT2D eigenvalue weighted by molar-refractivity contribution is -0.116.